The molecular formula is C4H9O2+. The Kier molecular flexibility index (Phi) is 1.64. The highest BCUT2D eigenvalue weighted by molar-refractivity contribution is 5.68. The van der Waals surface area contributed by atoms with E-state index in [1.54, 1.807) is 13.8 Å². The van der Waals surface area contributed by atoms with Crippen molar-refractivity contribution < 1.29 is 9.90 Å². The van der Waals surface area contributed by atoms with Crippen LogP contribution in [-0.2, 0) is 4.79 Å². The molecule has 0 bridgehead atoms. The lowest BCUT2D eigenvalue weighted by atomic mass is 10.2. The van der Waals surface area contributed by atoms with Gasteiger partial charge in [-0.15, -0.1) is 0 Å². The van der Waals surface area contributed by atoms with Gasteiger partial charge in [0, 0.05) is 4.79 Å². The van der Waals surface area contributed by atoms with E-state index in [1.807, 2.05) is 0 Å². The van der Waals surface area contributed by atoms with Gasteiger partial charge in [-0.2, -0.15) is 0 Å². The Morgan fingerprint density at radius 1 is 1.67 bits per heavy atom. The lowest BCUT2D eigenvalue weighted by Gasteiger charge is -1.81. The fourth-order valence-corrected chi connectivity index (χ4v) is 0. The Bertz CT molecular complexity index is 56.6. The summed E-state index contributed by atoms with van der Waals surface area (Å²) in [6, 6.07) is 0. The number of rotatable bonds is 1. The number of carbonyl (C=O) groups excluding carboxylic acids is 1. The van der Waals surface area contributed by atoms with E-state index < -0.39 is 5.97 Å². The molecule has 0 aromatic rings. The first-order valence-corrected chi connectivity index (χ1v) is 1.90. The summed E-state index contributed by atoms with van der Waals surface area (Å²) in [7, 11) is 0. The summed E-state index contributed by atoms with van der Waals surface area (Å²) >= 11 is 0. The highest BCUT2D eigenvalue weighted by atomic mass is 16.4. The van der Waals surface area contributed by atoms with E-state index in [-0.39, 0.29) is 5.92 Å². The van der Waals surface area contributed by atoms with Crippen molar-refractivity contribution in [3.05, 3.63) is 0 Å². The zero-order valence-electron chi connectivity index (χ0n) is 3.99. The van der Waals surface area contributed by atoms with Crippen LogP contribution in [0.15, 0.2) is 0 Å². The molecular weight excluding hydrogens is 80.0 g/mol. The zero-order chi connectivity index (χ0) is 5.15. The van der Waals surface area contributed by atoms with Crippen LogP contribution in [0.5, 0.6) is 0 Å². The van der Waals surface area contributed by atoms with Crippen LogP contribution in [0.4, 0.5) is 0 Å². The molecule has 0 radical (unpaired) electrons. The first-order valence-electron chi connectivity index (χ1n) is 1.90. The molecule has 0 fully saturated rings. The lowest BCUT2D eigenvalue weighted by molar-refractivity contribution is -0.140. The fraction of sp³-hybridized carbons (Fsp3) is 0.750. The smallest absolute Gasteiger partial charge is 0.518 e. The van der Waals surface area contributed by atoms with Crippen molar-refractivity contribution in [1.29, 1.82) is 0 Å². The Morgan fingerprint density at radius 3 is 1.83 bits per heavy atom. The van der Waals surface area contributed by atoms with E-state index in [0.717, 1.165) is 0 Å². The molecule has 0 aromatic carbocycles. The minimum absolute atomic E-state index is 0.120. The second-order valence-corrected chi connectivity index (χ2v) is 1.52. The summed E-state index contributed by atoms with van der Waals surface area (Å²) in [6.07, 6.45) is 0. The summed E-state index contributed by atoms with van der Waals surface area (Å²) in [5, 5.41) is 6.39. The van der Waals surface area contributed by atoms with E-state index in [4.69, 9.17) is 5.11 Å². The van der Waals surface area contributed by atoms with Gasteiger partial charge >= 0.3 is 5.97 Å². The van der Waals surface area contributed by atoms with E-state index >= 15 is 0 Å². The van der Waals surface area contributed by atoms with E-state index in [9.17, 15) is 4.79 Å². The average molecular weight is 89.1 g/mol. The molecule has 0 aliphatic heterocycles. The first-order chi connectivity index (χ1) is 2.64. The van der Waals surface area contributed by atoms with Crippen LogP contribution in [0, 0.1) is 5.92 Å². The zero-order valence-corrected chi connectivity index (χ0v) is 3.99. The van der Waals surface area contributed by atoms with E-state index in [0.29, 0.717) is 0 Å². The topological polar surface area (TPSA) is 40.0 Å². The molecule has 0 saturated carbocycles. The van der Waals surface area contributed by atoms with Gasteiger partial charge in [-0.3, -0.25) is 0 Å². The molecule has 0 aliphatic rings. The van der Waals surface area contributed by atoms with Crippen LogP contribution in [0.25, 0.3) is 0 Å². The average Bonchev–Trinajstić information content (AvgIpc) is 1.36. The maximum Gasteiger partial charge on any atom is 0.518 e. The molecule has 0 atom stereocenters. The fourth-order valence-electron chi connectivity index (χ4n) is 0. The first kappa shape index (κ1) is 5.47. The van der Waals surface area contributed by atoms with Crippen LogP contribution in [0.2, 0.25) is 0 Å². The van der Waals surface area contributed by atoms with Crippen LogP contribution >= 0.6 is 0 Å². The van der Waals surface area contributed by atoms with Crippen LogP contribution in [-0.4, -0.2) is 11.1 Å². The van der Waals surface area contributed by atoms with Gasteiger partial charge in [0.05, 0.1) is 0 Å². The van der Waals surface area contributed by atoms with Crippen LogP contribution < -0.4 is 0 Å². The van der Waals surface area contributed by atoms with Gasteiger partial charge in [-0.1, -0.05) is 0 Å². The van der Waals surface area contributed by atoms with Gasteiger partial charge in [0.1, 0.15) is 5.92 Å². The van der Waals surface area contributed by atoms with Gasteiger partial charge < -0.3 is 5.11 Å². The number of carbonyl (C=O) groups is 1. The minimum atomic E-state index is -0.491. The van der Waals surface area contributed by atoms with Crippen molar-refractivity contribution in [2.45, 2.75) is 13.8 Å². The van der Waals surface area contributed by atoms with Gasteiger partial charge in [0.15, 0.2) is 0 Å². The van der Waals surface area contributed by atoms with Gasteiger partial charge in [-0.25, -0.2) is 0 Å². The van der Waals surface area contributed by atoms with Gasteiger partial charge in [0.2, 0.25) is 0 Å². The molecule has 0 aliphatic carbocycles. The molecule has 0 rings (SSSR count). The summed E-state index contributed by atoms with van der Waals surface area (Å²) in [5.41, 5.74) is 0. The highest BCUT2D eigenvalue weighted by Gasteiger charge is 2.09. The molecule has 2 nitrogen and oxygen atoms in total. The van der Waals surface area contributed by atoms with Crippen molar-refractivity contribution in [2.75, 3.05) is 0 Å². The van der Waals surface area contributed by atoms with Crippen LogP contribution in [0.3, 0.4) is 0 Å². The molecule has 2 N–H and O–H groups in total. The third-order valence-electron chi connectivity index (χ3n) is 0.524. The summed E-state index contributed by atoms with van der Waals surface area (Å²) in [6.45, 7) is 3.41. The number of hydrogen-bond donors (Lipinski definition) is 0. The summed E-state index contributed by atoms with van der Waals surface area (Å²) < 4.78 is 0. The molecule has 6 heavy (non-hydrogen) atoms. The maximum absolute atomic E-state index is 9.81. The third-order valence-corrected chi connectivity index (χ3v) is 0.524. The van der Waals surface area contributed by atoms with Crippen molar-refractivity contribution in [2.24, 2.45) is 5.92 Å². The molecule has 0 aromatic heterocycles. The molecule has 0 amide bonds. The van der Waals surface area contributed by atoms with Crippen LogP contribution in [0.1, 0.15) is 13.8 Å². The number of hydrogen-bond acceptors (Lipinski definition) is 1. The monoisotopic (exact) mass is 89.1 g/mol. The van der Waals surface area contributed by atoms with E-state index in [1.165, 1.54) is 0 Å². The summed E-state index contributed by atoms with van der Waals surface area (Å²) in [4.78, 5) is 9.81. The second-order valence-electron chi connectivity index (χ2n) is 1.52. The molecule has 2 heteroatoms. The molecule has 36 valence electrons. The predicted octanol–water partition coefficient (Wildman–Crippen LogP) is -0.106. The molecule has 0 saturated heterocycles. The van der Waals surface area contributed by atoms with Crippen molar-refractivity contribution in [1.82, 2.24) is 0 Å². The normalized spacial score (nSPS) is 9.17. The standard InChI is InChI=1S/C4H8O2/c1-3(2)4(5)6/h3H,1-2H3,(H,5,6)/p+1. The largest absolute Gasteiger partial charge is 0.565 e. The third kappa shape index (κ3) is 1.76. The van der Waals surface area contributed by atoms with E-state index in [2.05, 4.69) is 0 Å². The second kappa shape index (κ2) is 1.80. The Morgan fingerprint density at radius 2 is 1.83 bits per heavy atom. The maximum atomic E-state index is 9.81. The Hall–Kier alpha value is -0.530. The SMILES string of the molecule is CC(C)C(=O)[OH2+]. The quantitative estimate of drug-likeness (QED) is 0.413. The molecule has 0 spiro atoms. The predicted molar refractivity (Wildman–Crippen MR) is 23.5 cm³/mol. The Labute approximate surface area is 36.8 Å². The van der Waals surface area contributed by atoms with Crippen molar-refractivity contribution in [3.8, 4) is 0 Å². The van der Waals surface area contributed by atoms with Gasteiger partial charge in [0.25, 0.3) is 0 Å². The summed E-state index contributed by atoms with van der Waals surface area (Å²) in [5.74, 6) is -0.611. The highest BCUT2D eigenvalue weighted by Crippen LogP contribution is 1.87. The lowest BCUT2D eigenvalue weighted by Crippen LogP contribution is -2.03. The Balaban J connectivity index is 3.26. The molecule has 0 heterocycles. The molecule has 0 unspecified atom stereocenters. The van der Waals surface area contributed by atoms with Crippen molar-refractivity contribution in [3.63, 3.8) is 0 Å². The minimum Gasteiger partial charge on any atom is -0.565 e. The van der Waals surface area contributed by atoms with Gasteiger partial charge in [-0.05, 0) is 13.8 Å². The van der Waals surface area contributed by atoms with Crippen molar-refractivity contribution >= 4 is 5.97 Å².